The molecule has 2 radical (unpaired) electrons. The summed E-state index contributed by atoms with van der Waals surface area (Å²) in [4.78, 5) is 0. The van der Waals surface area contributed by atoms with Gasteiger partial charge in [-0.2, -0.15) is 0 Å². The maximum atomic E-state index is 0. The normalized spacial score (nSPS) is 0. The van der Waals surface area contributed by atoms with Gasteiger partial charge in [-0.15, -0.1) is 0 Å². The first-order chi connectivity index (χ1) is 0. The molecular weight excluding hydrogens is 368 g/mol. The quantitative estimate of drug-likeness (QED) is 0.448. The van der Waals surface area contributed by atoms with Crippen LogP contribution in [0, 0.1) is 35.6 Å². The second-order valence-corrected chi connectivity index (χ2v) is 0. The number of hydrogen-bond donors (Lipinski definition) is 0. The number of hydrogen-bond acceptors (Lipinski definition) is 0. The second kappa shape index (κ2) is 16.0. The van der Waals surface area contributed by atoms with E-state index in [4.69, 9.17) is 0 Å². The van der Waals surface area contributed by atoms with Crippen molar-refractivity contribution in [3.63, 3.8) is 0 Å². The van der Waals surface area contributed by atoms with Crippen molar-refractivity contribution in [3.8, 4) is 0 Å². The van der Waals surface area contributed by atoms with Gasteiger partial charge in [-0.3, -0.25) is 0 Å². The molecule has 4 heteroatoms. The molecule has 0 aliphatic heterocycles. The summed E-state index contributed by atoms with van der Waals surface area (Å²) in [6.07, 6.45) is 0. The van der Waals surface area contributed by atoms with Gasteiger partial charge in [0.05, 0.1) is 0 Å². The molecule has 0 saturated heterocycles. The van der Waals surface area contributed by atoms with E-state index >= 15 is 0 Å². The Morgan fingerprint density at radius 3 is 1.25 bits per heavy atom. The minimum atomic E-state index is 0. The van der Waals surface area contributed by atoms with E-state index in [9.17, 15) is 0 Å². The van der Waals surface area contributed by atoms with Crippen LogP contribution in [-0.2, 0) is 17.1 Å². The summed E-state index contributed by atoms with van der Waals surface area (Å²) < 4.78 is 0. The first-order valence-corrected chi connectivity index (χ1v) is 0. The molecule has 0 aliphatic carbocycles. The van der Waals surface area contributed by atoms with Crippen LogP contribution in [0.4, 0.5) is 0 Å². The van der Waals surface area contributed by atoms with Gasteiger partial charge in [-0.1, -0.05) is 0 Å². The summed E-state index contributed by atoms with van der Waals surface area (Å²) in [6.45, 7) is 0. The fourth-order valence-electron chi connectivity index (χ4n) is 0. The van der Waals surface area contributed by atoms with Crippen LogP contribution in [0.5, 0.6) is 0 Å². The monoisotopic (exact) mass is 374 g/mol. The molecule has 0 N–H and O–H groups in total. The van der Waals surface area contributed by atoms with Gasteiger partial charge in [0.15, 0.2) is 0 Å². The zero-order valence-corrected chi connectivity index (χ0v) is 10.6. The van der Waals surface area contributed by atoms with Gasteiger partial charge in [0.25, 0.3) is 0 Å². The maximum absolute atomic E-state index is 0. The van der Waals surface area contributed by atoms with Crippen molar-refractivity contribution < 1.29 is 55.5 Å². The zero-order valence-electron chi connectivity index (χ0n) is 3.59. The Hall–Kier alpha value is 3.50. The van der Waals surface area contributed by atoms with Crippen LogP contribution >= 0.6 is 0 Å². The summed E-state index contributed by atoms with van der Waals surface area (Å²) in [6, 6.07) is 0. The molecule has 0 atom stereocenters. The summed E-state index contributed by atoms with van der Waals surface area (Å²) in [5.74, 6) is 0. The summed E-state index contributed by atoms with van der Waals surface area (Å²) in [7, 11) is 0. The molecule has 0 fully saturated rings. The van der Waals surface area contributed by atoms with E-state index in [1.807, 2.05) is 0 Å². The molecule has 0 nitrogen and oxygen atoms in total. The number of rotatable bonds is 0. The molecule has 0 aliphatic rings. The van der Waals surface area contributed by atoms with Gasteiger partial charge in [-0.05, 0) is 11.0 Å². The van der Waals surface area contributed by atoms with Crippen LogP contribution < -0.4 is 0 Å². The van der Waals surface area contributed by atoms with E-state index in [0.29, 0.717) is 0 Å². The molecule has 0 heterocycles. The van der Waals surface area contributed by atoms with Crippen molar-refractivity contribution in [1.82, 2.24) is 0 Å². The fraction of sp³-hybridized carbons (Fsp3) is 0. The smallest absolute Gasteiger partial charge is 1.00 e. The molecular formula is H6BaCuLaSi. The van der Waals surface area contributed by atoms with Crippen LogP contribution in [0.15, 0.2) is 0 Å². The van der Waals surface area contributed by atoms with Gasteiger partial charge in [0, 0.05) is 52.7 Å². The van der Waals surface area contributed by atoms with Crippen molar-refractivity contribution in [1.29, 1.82) is 0 Å². The Kier molecular flexibility index (Phi) is 104. The van der Waals surface area contributed by atoms with E-state index in [1.165, 1.54) is 0 Å². The Morgan fingerprint density at radius 1 is 1.25 bits per heavy atom. The largest absolute Gasteiger partial charge is 2.00 e. The predicted octanol–water partition coefficient (Wildman–Crippen LogP) is -1.61. The van der Waals surface area contributed by atoms with Crippen molar-refractivity contribution in [2.45, 2.75) is 0 Å². The summed E-state index contributed by atoms with van der Waals surface area (Å²) in [5, 5.41) is 0. The topological polar surface area (TPSA) is 0 Å². The Labute approximate surface area is 112 Å². The standard InChI is InChI=1S/Ba.Cu.La.H4Si.2H/h;;;1H4;;/q+2;;;;2*-1. The predicted molar refractivity (Wildman–Crippen MR) is 19.3 cm³/mol. The average molecular weight is 374 g/mol. The molecule has 0 rings (SSSR count). The van der Waals surface area contributed by atoms with Gasteiger partial charge >= 0.3 is 48.9 Å². The SMILES string of the molecule is [Ba+2].[Cu].[H-].[H-].[La].[SiH4]. The third kappa shape index (κ3) is 9.09. The molecule has 0 aromatic carbocycles. The minimum Gasteiger partial charge on any atom is -1.00 e. The van der Waals surface area contributed by atoms with Crippen molar-refractivity contribution >= 4 is 59.8 Å². The van der Waals surface area contributed by atoms with Gasteiger partial charge in [0.1, 0.15) is 0 Å². The average Bonchev–Trinajstić information content (AvgIpc) is 0. The van der Waals surface area contributed by atoms with Crippen LogP contribution in [0.1, 0.15) is 2.85 Å². The third-order valence-corrected chi connectivity index (χ3v) is 0. The molecule has 0 bridgehead atoms. The maximum Gasteiger partial charge on any atom is 2.00 e. The molecule has 0 saturated carbocycles. The Bertz CT molecular complexity index is 13.5. The summed E-state index contributed by atoms with van der Waals surface area (Å²) in [5.41, 5.74) is 0. The molecule has 0 spiro atoms. The molecule has 0 aromatic heterocycles. The van der Waals surface area contributed by atoms with E-state index < -0.39 is 0 Å². The van der Waals surface area contributed by atoms with Gasteiger partial charge in [0.2, 0.25) is 0 Å². The molecule has 0 aromatic rings. The van der Waals surface area contributed by atoms with Crippen molar-refractivity contribution in [3.05, 3.63) is 0 Å². The molecule has 4 heavy (non-hydrogen) atoms. The van der Waals surface area contributed by atoms with Crippen LogP contribution in [0.25, 0.3) is 0 Å². The van der Waals surface area contributed by atoms with E-state index in [1.54, 1.807) is 0 Å². The molecule has 0 amide bonds. The third-order valence-electron chi connectivity index (χ3n) is 0. The molecule has 0 unspecified atom stereocenters. The van der Waals surface area contributed by atoms with E-state index in [0.717, 1.165) is 0 Å². The van der Waals surface area contributed by atoms with Crippen molar-refractivity contribution in [2.75, 3.05) is 0 Å². The first kappa shape index (κ1) is 25.9. The Balaban J connectivity index is 0. The van der Waals surface area contributed by atoms with E-state index in [2.05, 4.69) is 0 Å². The van der Waals surface area contributed by atoms with Crippen molar-refractivity contribution in [2.24, 2.45) is 0 Å². The Morgan fingerprint density at radius 2 is 1.25 bits per heavy atom. The van der Waals surface area contributed by atoms with E-state index in [-0.39, 0.29) is 115 Å². The zero-order chi connectivity index (χ0) is 0. The molecule has 26 valence electrons. The van der Waals surface area contributed by atoms with Crippen LogP contribution in [0.2, 0.25) is 0 Å². The fourth-order valence-corrected chi connectivity index (χ4v) is 0. The summed E-state index contributed by atoms with van der Waals surface area (Å²) >= 11 is 0. The minimum absolute atomic E-state index is 0. The van der Waals surface area contributed by atoms with Gasteiger partial charge < -0.3 is 2.85 Å². The van der Waals surface area contributed by atoms with Crippen LogP contribution in [-0.4, -0.2) is 59.8 Å². The first-order valence-electron chi connectivity index (χ1n) is 0. The second-order valence-electron chi connectivity index (χ2n) is 0. The van der Waals surface area contributed by atoms with Crippen LogP contribution in [0.3, 0.4) is 0 Å². The van der Waals surface area contributed by atoms with Gasteiger partial charge in [-0.25, -0.2) is 0 Å².